The molecule has 26 heavy (non-hydrogen) atoms. The van der Waals surface area contributed by atoms with Crippen molar-refractivity contribution in [3.8, 4) is 5.69 Å². The van der Waals surface area contributed by atoms with Gasteiger partial charge >= 0.3 is 0 Å². The first-order chi connectivity index (χ1) is 12.5. The molecule has 0 saturated carbocycles. The summed E-state index contributed by atoms with van der Waals surface area (Å²) in [7, 11) is 0. The van der Waals surface area contributed by atoms with Crippen LogP contribution in [0.1, 0.15) is 27.5 Å². The molecule has 3 aromatic heterocycles. The molecule has 7 nitrogen and oxygen atoms in total. The van der Waals surface area contributed by atoms with Gasteiger partial charge in [0.25, 0.3) is 5.91 Å². The predicted molar refractivity (Wildman–Crippen MR) is 97.5 cm³/mol. The van der Waals surface area contributed by atoms with Gasteiger partial charge in [0, 0.05) is 11.8 Å². The van der Waals surface area contributed by atoms with Gasteiger partial charge in [-0.2, -0.15) is 5.10 Å². The van der Waals surface area contributed by atoms with E-state index in [1.807, 2.05) is 44.2 Å². The molecule has 0 aliphatic heterocycles. The number of carbonyl (C=O) groups excluding carboxylic acids is 1. The number of aryl methyl sites for hydroxylation is 3. The van der Waals surface area contributed by atoms with Gasteiger partial charge in [0.1, 0.15) is 5.76 Å². The average Bonchev–Trinajstić information content (AvgIpc) is 3.18. The lowest BCUT2D eigenvalue weighted by atomic mass is 10.1. The van der Waals surface area contributed by atoms with Crippen LogP contribution in [0.15, 0.2) is 47.0 Å². The van der Waals surface area contributed by atoms with Crippen LogP contribution in [0.2, 0.25) is 0 Å². The summed E-state index contributed by atoms with van der Waals surface area (Å²) in [5.74, 6) is 0.733. The fourth-order valence-corrected chi connectivity index (χ4v) is 2.95. The summed E-state index contributed by atoms with van der Waals surface area (Å²) in [5, 5.41) is 11.9. The third-order valence-electron chi connectivity index (χ3n) is 4.06. The molecule has 0 radical (unpaired) electrons. The third-order valence-corrected chi connectivity index (χ3v) is 4.06. The van der Waals surface area contributed by atoms with Crippen molar-refractivity contribution in [2.75, 3.05) is 5.32 Å². The van der Waals surface area contributed by atoms with Crippen LogP contribution in [0.5, 0.6) is 0 Å². The summed E-state index contributed by atoms with van der Waals surface area (Å²) in [6.45, 7) is 5.50. The first kappa shape index (κ1) is 16.0. The van der Waals surface area contributed by atoms with Crippen molar-refractivity contribution in [1.29, 1.82) is 0 Å². The SMILES string of the molecule is Cc1cc(C(=O)Nc2cc(C)on2)c2c(C)nn(-c3ccccc3)c2n1. The van der Waals surface area contributed by atoms with Crippen LogP contribution in [0, 0.1) is 20.8 Å². The highest BCUT2D eigenvalue weighted by atomic mass is 16.5. The van der Waals surface area contributed by atoms with E-state index in [4.69, 9.17) is 4.52 Å². The topological polar surface area (TPSA) is 85.8 Å². The minimum atomic E-state index is -0.274. The summed E-state index contributed by atoms with van der Waals surface area (Å²) in [6.07, 6.45) is 0. The molecule has 1 aromatic carbocycles. The van der Waals surface area contributed by atoms with Crippen LogP contribution in [0.3, 0.4) is 0 Å². The Bertz CT molecular complexity index is 1110. The number of carbonyl (C=O) groups is 1. The predicted octanol–water partition coefficient (Wildman–Crippen LogP) is 3.59. The highest BCUT2D eigenvalue weighted by molar-refractivity contribution is 6.12. The number of amides is 1. The zero-order valence-corrected chi connectivity index (χ0v) is 14.6. The molecule has 1 N–H and O–H groups in total. The molecular weight excluding hydrogens is 330 g/mol. The molecule has 1 amide bonds. The van der Waals surface area contributed by atoms with E-state index in [1.54, 1.807) is 23.7 Å². The van der Waals surface area contributed by atoms with E-state index in [0.29, 0.717) is 22.8 Å². The maximum absolute atomic E-state index is 12.8. The molecule has 130 valence electrons. The van der Waals surface area contributed by atoms with E-state index >= 15 is 0 Å². The molecule has 4 aromatic rings. The van der Waals surface area contributed by atoms with Gasteiger partial charge in [-0.1, -0.05) is 23.4 Å². The molecule has 0 aliphatic rings. The highest BCUT2D eigenvalue weighted by Gasteiger charge is 2.20. The fraction of sp³-hybridized carbons (Fsp3) is 0.158. The smallest absolute Gasteiger partial charge is 0.257 e. The second-order valence-corrected chi connectivity index (χ2v) is 6.12. The summed E-state index contributed by atoms with van der Waals surface area (Å²) >= 11 is 0. The number of nitrogens with zero attached hydrogens (tertiary/aromatic N) is 4. The van der Waals surface area contributed by atoms with Gasteiger partial charge < -0.3 is 9.84 Å². The molecule has 0 unspecified atom stereocenters. The first-order valence-corrected chi connectivity index (χ1v) is 8.20. The van der Waals surface area contributed by atoms with Crippen molar-refractivity contribution < 1.29 is 9.32 Å². The number of hydrogen-bond donors (Lipinski definition) is 1. The quantitative estimate of drug-likeness (QED) is 0.612. The van der Waals surface area contributed by atoms with Crippen molar-refractivity contribution in [1.82, 2.24) is 19.9 Å². The van der Waals surface area contributed by atoms with E-state index in [2.05, 4.69) is 20.6 Å². The maximum Gasteiger partial charge on any atom is 0.257 e. The Balaban J connectivity index is 1.85. The lowest BCUT2D eigenvalue weighted by Crippen LogP contribution is -2.13. The van der Waals surface area contributed by atoms with Crippen molar-refractivity contribution in [2.45, 2.75) is 20.8 Å². The number of pyridine rings is 1. The molecule has 4 rings (SSSR count). The molecule has 3 heterocycles. The summed E-state index contributed by atoms with van der Waals surface area (Å²) in [6, 6.07) is 13.2. The van der Waals surface area contributed by atoms with E-state index in [-0.39, 0.29) is 5.91 Å². The monoisotopic (exact) mass is 347 g/mol. The Morgan fingerprint density at radius 2 is 1.88 bits per heavy atom. The van der Waals surface area contributed by atoms with E-state index < -0.39 is 0 Å². The Hall–Kier alpha value is -3.48. The number of para-hydroxylation sites is 1. The average molecular weight is 347 g/mol. The molecular formula is C19H17N5O2. The van der Waals surface area contributed by atoms with Crippen LogP contribution in [0.4, 0.5) is 5.82 Å². The number of hydrogen-bond acceptors (Lipinski definition) is 5. The molecule has 0 atom stereocenters. The van der Waals surface area contributed by atoms with Gasteiger partial charge in [-0.15, -0.1) is 0 Å². The highest BCUT2D eigenvalue weighted by Crippen LogP contribution is 2.25. The molecule has 7 heteroatoms. The van der Waals surface area contributed by atoms with Gasteiger partial charge in [-0.3, -0.25) is 4.79 Å². The Morgan fingerprint density at radius 3 is 2.58 bits per heavy atom. The van der Waals surface area contributed by atoms with Crippen molar-refractivity contribution >= 4 is 22.8 Å². The van der Waals surface area contributed by atoms with Crippen molar-refractivity contribution in [3.05, 3.63) is 65.2 Å². The third kappa shape index (κ3) is 2.73. The van der Waals surface area contributed by atoms with Crippen LogP contribution in [0.25, 0.3) is 16.7 Å². The number of benzene rings is 1. The van der Waals surface area contributed by atoms with Crippen LogP contribution < -0.4 is 5.32 Å². The zero-order chi connectivity index (χ0) is 18.3. The molecule has 0 spiro atoms. The number of nitrogens with one attached hydrogen (secondary N) is 1. The molecule has 0 fully saturated rings. The van der Waals surface area contributed by atoms with E-state index in [0.717, 1.165) is 22.5 Å². The largest absolute Gasteiger partial charge is 0.360 e. The zero-order valence-electron chi connectivity index (χ0n) is 14.6. The second kappa shape index (κ2) is 6.11. The summed E-state index contributed by atoms with van der Waals surface area (Å²) in [4.78, 5) is 17.4. The minimum Gasteiger partial charge on any atom is -0.360 e. The second-order valence-electron chi connectivity index (χ2n) is 6.12. The van der Waals surface area contributed by atoms with Crippen LogP contribution >= 0.6 is 0 Å². The van der Waals surface area contributed by atoms with Gasteiger partial charge in [-0.05, 0) is 39.0 Å². The van der Waals surface area contributed by atoms with E-state index in [1.165, 1.54) is 0 Å². The number of fused-ring (bicyclic) bond motifs is 1. The van der Waals surface area contributed by atoms with Gasteiger partial charge in [0.05, 0.1) is 22.3 Å². The number of rotatable bonds is 3. The molecule has 0 bridgehead atoms. The fourth-order valence-electron chi connectivity index (χ4n) is 2.95. The Labute approximate surface area is 149 Å². The number of anilines is 1. The Kier molecular flexibility index (Phi) is 3.76. The van der Waals surface area contributed by atoms with Crippen molar-refractivity contribution in [2.24, 2.45) is 0 Å². The lowest BCUT2D eigenvalue weighted by molar-refractivity contribution is 0.102. The minimum absolute atomic E-state index is 0.274. The normalized spacial score (nSPS) is 11.0. The van der Waals surface area contributed by atoms with Gasteiger partial charge in [-0.25, -0.2) is 9.67 Å². The summed E-state index contributed by atoms with van der Waals surface area (Å²) in [5.41, 5.74) is 3.51. The summed E-state index contributed by atoms with van der Waals surface area (Å²) < 4.78 is 6.76. The van der Waals surface area contributed by atoms with Gasteiger partial charge in [0.2, 0.25) is 0 Å². The number of aromatic nitrogens is 4. The maximum atomic E-state index is 12.8. The van der Waals surface area contributed by atoms with Crippen molar-refractivity contribution in [3.63, 3.8) is 0 Å². The van der Waals surface area contributed by atoms with E-state index in [9.17, 15) is 4.79 Å². The first-order valence-electron chi connectivity index (χ1n) is 8.20. The standard InChI is InChI=1S/C19H17N5O2/c1-11-9-15(19(25)21-16-10-12(2)26-23-16)17-13(3)22-24(18(17)20-11)14-7-5-4-6-8-14/h4-10H,1-3H3,(H,21,23,25). The molecule has 0 saturated heterocycles. The molecule has 0 aliphatic carbocycles. The van der Waals surface area contributed by atoms with Crippen LogP contribution in [-0.4, -0.2) is 25.8 Å². The lowest BCUT2D eigenvalue weighted by Gasteiger charge is -2.07. The van der Waals surface area contributed by atoms with Crippen LogP contribution in [-0.2, 0) is 0 Å². The van der Waals surface area contributed by atoms with Gasteiger partial charge in [0.15, 0.2) is 11.5 Å². The Morgan fingerprint density at radius 1 is 1.12 bits per heavy atom.